The first-order valence-corrected chi connectivity index (χ1v) is 7.15. The maximum absolute atomic E-state index is 12.0. The topological polar surface area (TPSA) is 26.3 Å². The second kappa shape index (κ2) is 6.38. The van der Waals surface area contributed by atoms with Crippen molar-refractivity contribution in [2.45, 2.75) is 27.7 Å². The van der Waals surface area contributed by atoms with Crippen molar-refractivity contribution in [2.75, 3.05) is 6.61 Å². The molecule has 1 aromatic rings. The molecule has 19 heavy (non-hydrogen) atoms. The van der Waals surface area contributed by atoms with Gasteiger partial charge in [-0.1, -0.05) is 61.8 Å². The van der Waals surface area contributed by atoms with Crippen molar-refractivity contribution < 1.29 is 9.53 Å². The number of benzene rings is 1. The summed E-state index contributed by atoms with van der Waals surface area (Å²) in [4.78, 5) is 12.0. The SMILES string of the molecule is C=C(C(C)C)C(C)(C)COC(=O)c1cccc(Br)c1. The molecule has 0 N–H and O–H groups in total. The van der Waals surface area contributed by atoms with Crippen LogP contribution in [0.5, 0.6) is 0 Å². The lowest BCUT2D eigenvalue weighted by atomic mass is 9.80. The van der Waals surface area contributed by atoms with E-state index in [2.05, 4.69) is 36.4 Å². The molecule has 0 aliphatic rings. The van der Waals surface area contributed by atoms with E-state index in [0.29, 0.717) is 18.1 Å². The first kappa shape index (κ1) is 16.0. The van der Waals surface area contributed by atoms with Crippen molar-refractivity contribution in [2.24, 2.45) is 11.3 Å². The summed E-state index contributed by atoms with van der Waals surface area (Å²) in [5.74, 6) is 0.0745. The van der Waals surface area contributed by atoms with Gasteiger partial charge in [-0.15, -0.1) is 0 Å². The van der Waals surface area contributed by atoms with E-state index < -0.39 is 0 Å². The average Bonchev–Trinajstić information content (AvgIpc) is 2.35. The predicted molar refractivity (Wildman–Crippen MR) is 82.2 cm³/mol. The molecule has 0 saturated heterocycles. The Hall–Kier alpha value is -1.09. The molecule has 0 atom stereocenters. The van der Waals surface area contributed by atoms with Gasteiger partial charge in [-0.25, -0.2) is 4.79 Å². The highest BCUT2D eigenvalue weighted by atomic mass is 79.9. The van der Waals surface area contributed by atoms with Gasteiger partial charge >= 0.3 is 5.97 Å². The number of esters is 1. The van der Waals surface area contributed by atoms with Gasteiger partial charge in [0.25, 0.3) is 0 Å². The van der Waals surface area contributed by atoms with Gasteiger partial charge in [-0.2, -0.15) is 0 Å². The summed E-state index contributed by atoms with van der Waals surface area (Å²) in [5, 5.41) is 0. The van der Waals surface area contributed by atoms with E-state index in [-0.39, 0.29) is 11.4 Å². The standard InChI is InChI=1S/C16H21BrO2/c1-11(2)12(3)16(4,5)10-19-15(18)13-7-6-8-14(17)9-13/h6-9,11H,3,10H2,1-2,4-5H3. The summed E-state index contributed by atoms with van der Waals surface area (Å²) in [6.07, 6.45) is 0. The Balaban J connectivity index is 2.67. The Morgan fingerprint density at radius 3 is 2.58 bits per heavy atom. The molecule has 0 aromatic heterocycles. The van der Waals surface area contributed by atoms with Gasteiger partial charge in [0.05, 0.1) is 5.56 Å². The van der Waals surface area contributed by atoms with E-state index in [1.807, 2.05) is 26.0 Å². The van der Waals surface area contributed by atoms with E-state index in [4.69, 9.17) is 4.74 Å². The van der Waals surface area contributed by atoms with Crippen LogP contribution in [0.4, 0.5) is 0 Å². The summed E-state index contributed by atoms with van der Waals surface area (Å²) >= 11 is 3.34. The minimum atomic E-state index is -0.300. The molecule has 1 aromatic carbocycles. The fourth-order valence-corrected chi connectivity index (χ4v) is 2.22. The quantitative estimate of drug-likeness (QED) is 0.572. The number of hydrogen-bond acceptors (Lipinski definition) is 2. The van der Waals surface area contributed by atoms with Crippen LogP contribution in [0, 0.1) is 11.3 Å². The van der Waals surface area contributed by atoms with Crippen LogP contribution >= 0.6 is 15.9 Å². The molecule has 1 rings (SSSR count). The Morgan fingerprint density at radius 2 is 2.05 bits per heavy atom. The normalized spacial score (nSPS) is 11.5. The van der Waals surface area contributed by atoms with Gasteiger partial charge in [0.1, 0.15) is 6.61 Å². The molecular weight excluding hydrogens is 304 g/mol. The number of hydrogen-bond donors (Lipinski definition) is 0. The van der Waals surface area contributed by atoms with Crippen LogP contribution in [-0.4, -0.2) is 12.6 Å². The van der Waals surface area contributed by atoms with Crippen LogP contribution in [0.15, 0.2) is 40.9 Å². The smallest absolute Gasteiger partial charge is 0.338 e. The van der Waals surface area contributed by atoms with Crippen LogP contribution in [0.25, 0.3) is 0 Å². The third-order valence-corrected chi connectivity index (χ3v) is 3.68. The monoisotopic (exact) mass is 324 g/mol. The number of ether oxygens (including phenoxy) is 1. The predicted octanol–water partition coefficient (Wildman–Crippen LogP) is 4.84. The van der Waals surface area contributed by atoms with Gasteiger partial charge in [-0.05, 0) is 24.1 Å². The minimum Gasteiger partial charge on any atom is -0.461 e. The number of halogens is 1. The largest absolute Gasteiger partial charge is 0.461 e. The van der Waals surface area contributed by atoms with Crippen molar-refractivity contribution in [1.29, 1.82) is 0 Å². The molecule has 0 amide bonds. The third-order valence-electron chi connectivity index (χ3n) is 3.19. The first-order chi connectivity index (χ1) is 8.74. The molecule has 104 valence electrons. The van der Waals surface area contributed by atoms with E-state index in [9.17, 15) is 4.79 Å². The number of carbonyl (C=O) groups excluding carboxylic acids is 1. The van der Waals surface area contributed by atoms with Crippen LogP contribution in [0.3, 0.4) is 0 Å². The van der Waals surface area contributed by atoms with Gasteiger partial charge in [0.2, 0.25) is 0 Å². The average molecular weight is 325 g/mol. The van der Waals surface area contributed by atoms with E-state index in [0.717, 1.165) is 10.0 Å². The summed E-state index contributed by atoms with van der Waals surface area (Å²) in [5.41, 5.74) is 1.44. The Labute approximate surface area is 124 Å². The highest BCUT2D eigenvalue weighted by Gasteiger charge is 2.26. The molecular formula is C16H21BrO2. The van der Waals surface area contributed by atoms with Crippen molar-refractivity contribution in [3.8, 4) is 0 Å². The summed E-state index contributed by atoms with van der Waals surface area (Å²) < 4.78 is 6.27. The third kappa shape index (κ3) is 4.50. The molecule has 0 radical (unpaired) electrons. The highest BCUT2D eigenvalue weighted by molar-refractivity contribution is 9.10. The fraction of sp³-hybridized carbons (Fsp3) is 0.438. The first-order valence-electron chi connectivity index (χ1n) is 6.36. The molecule has 0 fully saturated rings. The number of rotatable bonds is 5. The lowest BCUT2D eigenvalue weighted by molar-refractivity contribution is 0.0379. The molecule has 0 bridgehead atoms. The van der Waals surface area contributed by atoms with Crippen LogP contribution in [0.1, 0.15) is 38.1 Å². The molecule has 3 heteroatoms. The van der Waals surface area contributed by atoms with Crippen molar-refractivity contribution in [3.05, 3.63) is 46.5 Å². The van der Waals surface area contributed by atoms with E-state index in [1.54, 1.807) is 12.1 Å². The van der Waals surface area contributed by atoms with Crippen molar-refractivity contribution in [3.63, 3.8) is 0 Å². The van der Waals surface area contributed by atoms with Crippen LogP contribution < -0.4 is 0 Å². The molecule has 0 unspecified atom stereocenters. The summed E-state index contributed by atoms with van der Waals surface area (Å²) in [7, 11) is 0. The zero-order valence-electron chi connectivity index (χ0n) is 12.0. The van der Waals surface area contributed by atoms with Crippen LogP contribution in [0.2, 0.25) is 0 Å². The molecule has 2 nitrogen and oxygen atoms in total. The number of carbonyl (C=O) groups is 1. The van der Waals surface area contributed by atoms with Crippen LogP contribution in [-0.2, 0) is 4.74 Å². The van der Waals surface area contributed by atoms with Gasteiger partial charge < -0.3 is 4.74 Å². The van der Waals surface area contributed by atoms with Crippen molar-refractivity contribution >= 4 is 21.9 Å². The Morgan fingerprint density at radius 1 is 1.42 bits per heavy atom. The van der Waals surface area contributed by atoms with Gasteiger partial charge in [0.15, 0.2) is 0 Å². The summed E-state index contributed by atoms with van der Waals surface area (Å²) in [6, 6.07) is 7.20. The summed E-state index contributed by atoms with van der Waals surface area (Å²) in [6.45, 7) is 12.7. The minimum absolute atomic E-state index is 0.212. The molecule has 0 saturated carbocycles. The van der Waals surface area contributed by atoms with E-state index >= 15 is 0 Å². The zero-order chi connectivity index (χ0) is 14.6. The Bertz CT molecular complexity index is 475. The van der Waals surface area contributed by atoms with Gasteiger partial charge in [0, 0.05) is 9.89 Å². The van der Waals surface area contributed by atoms with E-state index in [1.165, 1.54) is 0 Å². The van der Waals surface area contributed by atoms with Gasteiger partial charge in [-0.3, -0.25) is 0 Å². The maximum Gasteiger partial charge on any atom is 0.338 e. The lowest BCUT2D eigenvalue weighted by Crippen LogP contribution is -2.26. The fourth-order valence-electron chi connectivity index (χ4n) is 1.82. The second-order valence-corrected chi connectivity index (χ2v) is 6.57. The Kier molecular flexibility index (Phi) is 5.36. The molecule has 0 heterocycles. The maximum atomic E-state index is 12.0. The molecule has 0 aliphatic heterocycles. The lowest BCUT2D eigenvalue weighted by Gasteiger charge is -2.29. The highest BCUT2D eigenvalue weighted by Crippen LogP contribution is 2.31. The van der Waals surface area contributed by atoms with Crippen molar-refractivity contribution in [1.82, 2.24) is 0 Å². The second-order valence-electron chi connectivity index (χ2n) is 5.65. The zero-order valence-corrected chi connectivity index (χ0v) is 13.6. The molecule has 0 aliphatic carbocycles. The molecule has 0 spiro atoms.